The predicted molar refractivity (Wildman–Crippen MR) is 58.9 cm³/mol. The molecule has 5 heteroatoms. The van der Waals surface area contributed by atoms with Crippen LogP contribution >= 0.6 is 11.6 Å². The summed E-state index contributed by atoms with van der Waals surface area (Å²) in [4.78, 5) is 15.4. The molecule has 1 aliphatic carbocycles. The van der Waals surface area contributed by atoms with Gasteiger partial charge in [-0.15, -0.1) is 0 Å². The molecule has 2 rings (SSSR count). The van der Waals surface area contributed by atoms with E-state index in [9.17, 15) is 4.79 Å². The molecule has 2 N–H and O–H groups in total. The van der Waals surface area contributed by atoms with Crippen molar-refractivity contribution in [2.75, 3.05) is 11.9 Å². The normalized spacial score (nSPS) is 14.7. The molecule has 1 amide bonds. The number of amides is 1. The first-order valence-corrected chi connectivity index (χ1v) is 5.27. The van der Waals surface area contributed by atoms with E-state index >= 15 is 0 Å². The summed E-state index contributed by atoms with van der Waals surface area (Å²) in [5, 5.41) is 6.29. The molecule has 0 aliphatic heterocycles. The summed E-state index contributed by atoms with van der Waals surface area (Å²) in [5.41, 5.74) is 0. The summed E-state index contributed by atoms with van der Waals surface area (Å²) in [7, 11) is 0. The third-order valence-corrected chi connectivity index (χ3v) is 2.42. The Morgan fingerprint density at radius 1 is 1.60 bits per heavy atom. The molecule has 0 bridgehead atoms. The minimum atomic E-state index is -0.0146. The molecule has 0 radical (unpaired) electrons. The lowest BCUT2D eigenvalue weighted by molar-refractivity contribution is -0.119. The van der Waals surface area contributed by atoms with Crippen molar-refractivity contribution >= 4 is 23.3 Å². The maximum Gasteiger partial charge on any atom is 0.239 e. The number of hydrogen-bond acceptors (Lipinski definition) is 3. The highest BCUT2D eigenvalue weighted by Crippen LogP contribution is 2.19. The summed E-state index contributed by atoms with van der Waals surface area (Å²) in [5.74, 6) is 0.532. The Balaban J connectivity index is 1.81. The molecule has 0 unspecified atom stereocenters. The highest BCUT2D eigenvalue weighted by atomic mass is 35.5. The van der Waals surface area contributed by atoms with Crippen LogP contribution in [-0.4, -0.2) is 23.5 Å². The van der Waals surface area contributed by atoms with Crippen LogP contribution in [0.5, 0.6) is 0 Å². The molecule has 1 saturated carbocycles. The fourth-order valence-electron chi connectivity index (χ4n) is 1.19. The smallest absolute Gasteiger partial charge is 0.239 e. The van der Waals surface area contributed by atoms with Crippen LogP contribution in [-0.2, 0) is 4.79 Å². The van der Waals surface area contributed by atoms with Crippen LogP contribution in [0.15, 0.2) is 18.3 Å². The van der Waals surface area contributed by atoms with E-state index in [0.717, 1.165) is 12.8 Å². The van der Waals surface area contributed by atoms with Gasteiger partial charge in [0.2, 0.25) is 5.91 Å². The number of pyridine rings is 1. The van der Waals surface area contributed by atoms with Crippen LogP contribution in [0.25, 0.3) is 0 Å². The van der Waals surface area contributed by atoms with Gasteiger partial charge in [-0.25, -0.2) is 4.98 Å². The molecular weight excluding hydrogens is 214 g/mol. The summed E-state index contributed by atoms with van der Waals surface area (Å²) in [6.07, 6.45) is 3.82. The predicted octanol–water partition coefficient (Wildman–Crippen LogP) is 1.43. The van der Waals surface area contributed by atoms with E-state index in [1.807, 2.05) is 0 Å². The molecule has 1 aliphatic rings. The number of carbonyl (C=O) groups excluding carboxylic acids is 1. The highest BCUT2D eigenvalue weighted by Gasteiger charge is 2.22. The van der Waals surface area contributed by atoms with E-state index in [1.165, 1.54) is 0 Å². The zero-order valence-corrected chi connectivity index (χ0v) is 8.92. The van der Waals surface area contributed by atoms with Crippen molar-refractivity contribution < 1.29 is 4.79 Å². The van der Waals surface area contributed by atoms with E-state index in [4.69, 9.17) is 11.6 Å². The first-order valence-electron chi connectivity index (χ1n) is 4.89. The average Bonchev–Trinajstić information content (AvgIpc) is 3.00. The monoisotopic (exact) mass is 225 g/mol. The van der Waals surface area contributed by atoms with Crippen molar-refractivity contribution in [3.8, 4) is 0 Å². The molecular formula is C10H12ClN3O. The minimum absolute atomic E-state index is 0.0146. The zero-order valence-electron chi connectivity index (χ0n) is 8.16. The number of halogens is 1. The molecule has 4 nitrogen and oxygen atoms in total. The molecule has 0 aromatic carbocycles. The van der Waals surface area contributed by atoms with Crippen LogP contribution in [0.4, 0.5) is 5.82 Å². The Morgan fingerprint density at radius 3 is 3.07 bits per heavy atom. The van der Waals surface area contributed by atoms with Gasteiger partial charge in [0.1, 0.15) is 5.82 Å². The number of nitrogens with zero attached hydrogens (tertiary/aromatic N) is 1. The number of aromatic nitrogens is 1. The van der Waals surface area contributed by atoms with Crippen molar-refractivity contribution in [1.82, 2.24) is 10.3 Å². The number of carbonyl (C=O) groups is 1. The van der Waals surface area contributed by atoms with E-state index in [2.05, 4.69) is 15.6 Å². The van der Waals surface area contributed by atoms with E-state index < -0.39 is 0 Å². The van der Waals surface area contributed by atoms with Gasteiger partial charge < -0.3 is 10.6 Å². The van der Waals surface area contributed by atoms with E-state index in [-0.39, 0.29) is 12.5 Å². The zero-order chi connectivity index (χ0) is 10.7. The molecule has 1 fully saturated rings. The molecule has 1 aromatic rings. The van der Waals surface area contributed by atoms with Crippen LogP contribution in [0, 0.1) is 0 Å². The van der Waals surface area contributed by atoms with Crippen molar-refractivity contribution in [1.29, 1.82) is 0 Å². The maximum atomic E-state index is 11.3. The van der Waals surface area contributed by atoms with Gasteiger partial charge >= 0.3 is 0 Å². The molecule has 1 heterocycles. The fraction of sp³-hybridized carbons (Fsp3) is 0.400. The minimum Gasteiger partial charge on any atom is -0.360 e. The third-order valence-electron chi connectivity index (χ3n) is 2.12. The molecule has 0 spiro atoms. The topological polar surface area (TPSA) is 54.0 Å². The second kappa shape index (κ2) is 4.49. The Bertz CT molecular complexity index is 365. The second-order valence-corrected chi connectivity index (χ2v) is 3.94. The second-order valence-electron chi connectivity index (χ2n) is 3.53. The number of nitrogens with one attached hydrogen (secondary N) is 2. The summed E-state index contributed by atoms with van der Waals surface area (Å²) < 4.78 is 0. The summed E-state index contributed by atoms with van der Waals surface area (Å²) in [6.45, 7) is 0.216. The first-order chi connectivity index (χ1) is 7.25. The molecule has 0 atom stereocenters. The lowest BCUT2D eigenvalue weighted by atomic mass is 10.4. The van der Waals surface area contributed by atoms with Crippen LogP contribution in [0.1, 0.15) is 12.8 Å². The molecule has 80 valence electrons. The fourth-order valence-corrected chi connectivity index (χ4v) is 1.37. The largest absolute Gasteiger partial charge is 0.360 e. The number of hydrogen-bond donors (Lipinski definition) is 2. The summed E-state index contributed by atoms with van der Waals surface area (Å²) >= 11 is 5.87. The van der Waals surface area contributed by atoms with Crippen molar-refractivity contribution in [2.45, 2.75) is 18.9 Å². The van der Waals surface area contributed by atoms with Crippen molar-refractivity contribution in [2.24, 2.45) is 0 Å². The quantitative estimate of drug-likeness (QED) is 0.815. The Kier molecular flexibility index (Phi) is 3.06. The Morgan fingerprint density at radius 2 is 2.40 bits per heavy atom. The average molecular weight is 226 g/mol. The highest BCUT2D eigenvalue weighted by molar-refractivity contribution is 6.32. The summed E-state index contributed by atoms with van der Waals surface area (Å²) in [6, 6.07) is 3.87. The first kappa shape index (κ1) is 10.2. The molecule has 15 heavy (non-hydrogen) atoms. The maximum absolute atomic E-state index is 11.3. The van der Waals surface area contributed by atoms with Gasteiger partial charge in [0.05, 0.1) is 11.6 Å². The van der Waals surface area contributed by atoms with Crippen LogP contribution in [0.2, 0.25) is 5.02 Å². The van der Waals surface area contributed by atoms with Crippen LogP contribution < -0.4 is 10.6 Å². The number of rotatable bonds is 4. The standard InChI is InChI=1S/C10H12ClN3O/c11-8-2-1-5-12-10(8)13-6-9(15)14-7-3-4-7/h1-2,5,7H,3-4,6H2,(H,12,13)(H,14,15). The van der Waals surface area contributed by atoms with Crippen molar-refractivity contribution in [3.63, 3.8) is 0 Å². The van der Waals surface area contributed by atoms with E-state index in [0.29, 0.717) is 16.9 Å². The van der Waals surface area contributed by atoms with Gasteiger partial charge in [0, 0.05) is 12.2 Å². The Labute approximate surface area is 93.0 Å². The molecule has 1 aromatic heterocycles. The van der Waals surface area contributed by atoms with Gasteiger partial charge in [-0.1, -0.05) is 11.6 Å². The van der Waals surface area contributed by atoms with Crippen molar-refractivity contribution in [3.05, 3.63) is 23.4 Å². The van der Waals surface area contributed by atoms with Gasteiger partial charge in [0.25, 0.3) is 0 Å². The van der Waals surface area contributed by atoms with Gasteiger partial charge in [-0.3, -0.25) is 4.79 Å². The van der Waals surface area contributed by atoms with E-state index in [1.54, 1.807) is 18.3 Å². The SMILES string of the molecule is O=C(CNc1ncccc1Cl)NC1CC1. The number of anilines is 1. The lowest BCUT2D eigenvalue weighted by Crippen LogP contribution is -2.31. The van der Waals surface area contributed by atoms with Crippen LogP contribution in [0.3, 0.4) is 0 Å². The van der Waals surface area contributed by atoms with Gasteiger partial charge in [0.15, 0.2) is 0 Å². The lowest BCUT2D eigenvalue weighted by Gasteiger charge is -2.06. The molecule has 0 saturated heterocycles. The third kappa shape index (κ3) is 3.09. The van der Waals surface area contributed by atoms with Gasteiger partial charge in [-0.2, -0.15) is 0 Å². The Hall–Kier alpha value is -1.29. The van der Waals surface area contributed by atoms with Gasteiger partial charge in [-0.05, 0) is 25.0 Å².